The van der Waals surface area contributed by atoms with Crippen molar-refractivity contribution < 1.29 is 5.11 Å². The Kier molecular flexibility index (Phi) is 4.19. The fourth-order valence-corrected chi connectivity index (χ4v) is 2.08. The van der Waals surface area contributed by atoms with Gasteiger partial charge in [-0.15, -0.1) is 0 Å². The number of rotatable bonds is 3. The van der Waals surface area contributed by atoms with Gasteiger partial charge in [-0.25, -0.2) is 0 Å². The molecule has 90 valence electrons. The maximum absolute atomic E-state index is 8.62. The van der Waals surface area contributed by atoms with Crippen molar-refractivity contribution in [2.24, 2.45) is 0 Å². The van der Waals surface area contributed by atoms with Crippen LogP contribution in [0, 0.1) is 11.8 Å². The summed E-state index contributed by atoms with van der Waals surface area (Å²) in [6, 6.07) is 9.07. The molecule has 2 nitrogen and oxygen atoms in total. The van der Waals surface area contributed by atoms with Crippen LogP contribution in [0.1, 0.15) is 30.4 Å². The Bertz CT molecular complexity index is 409. The predicted molar refractivity (Wildman–Crippen MR) is 69.5 cm³/mol. The molecule has 1 aliphatic carbocycles. The van der Waals surface area contributed by atoms with Crippen LogP contribution < -0.4 is 0 Å². The van der Waals surface area contributed by atoms with Crippen molar-refractivity contribution in [1.82, 2.24) is 4.90 Å². The number of aliphatic hydroxyl groups is 1. The maximum atomic E-state index is 8.62. The lowest BCUT2D eigenvalue weighted by atomic mass is 9.91. The van der Waals surface area contributed by atoms with Crippen LogP contribution in [-0.4, -0.2) is 29.7 Å². The highest BCUT2D eigenvalue weighted by atomic mass is 16.2. The Balaban J connectivity index is 1.93. The second-order valence-electron chi connectivity index (χ2n) is 4.66. The topological polar surface area (TPSA) is 23.5 Å². The molecule has 0 aliphatic heterocycles. The summed E-state index contributed by atoms with van der Waals surface area (Å²) < 4.78 is 0. The van der Waals surface area contributed by atoms with Gasteiger partial charge < -0.3 is 5.11 Å². The highest BCUT2D eigenvalue weighted by molar-refractivity contribution is 5.36. The van der Waals surface area contributed by atoms with Crippen molar-refractivity contribution in [3.63, 3.8) is 0 Å². The first-order chi connectivity index (χ1) is 8.29. The average Bonchev–Trinajstić information content (AvgIpc) is 2.26. The first-order valence-corrected chi connectivity index (χ1v) is 6.18. The van der Waals surface area contributed by atoms with Crippen LogP contribution in [0.15, 0.2) is 24.3 Å². The van der Waals surface area contributed by atoms with E-state index in [4.69, 9.17) is 5.11 Å². The smallest absolute Gasteiger partial charge is 0.104 e. The quantitative estimate of drug-likeness (QED) is 0.802. The van der Waals surface area contributed by atoms with E-state index in [0.717, 1.165) is 18.2 Å². The van der Waals surface area contributed by atoms with Crippen LogP contribution in [0.4, 0.5) is 0 Å². The van der Waals surface area contributed by atoms with E-state index in [2.05, 4.69) is 35.9 Å². The summed E-state index contributed by atoms with van der Waals surface area (Å²) in [7, 11) is 2.20. The Morgan fingerprint density at radius 3 is 2.53 bits per heavy atom. The molecule has 0 heterocycles. The zero-order chi connectivity index (χ0) is 12.1. The first kappa shape index (κ1) is 12.2. The highest BCUT2D eigenvalue weighted by Crippen LogP contribution is 2.24. The fourth-order valence-electron chi connectivity index (χ4n) is 2.08. The van der Waals surface area contributed by atoms with E-state index in [1.165, 1.54) is 24.8 Å². The van der Waals surface area contributed by atoms with E-state index < -0.39 is 0 Å². The summed E-state index contributed by atoms with van der Waals surface area (Å²) in [5.74, 6) is 5.56. The SMILES string of the molecule is CN(Cc1ccc(C#CCO)cc1)C1CCC1. The van der Waals surface area contributed by atoms with Gasteiger partial charge in [0, 0.05) is 18.2 Å². The molecule has 1 saturated carbocycles. The zero-order valence-corrected chi connectivity index (χ0v) is 10.3. The van der Waals surface area contributed by atoms with Gasteiger partial charge in [-0.05, 0) is 37.6 Å². The summed E-state index contributed by atoms with van der Waals surface area (Å²) >= 11 is 0. The molecule has 1 aliphatic rings. The molecule has 0 bridgehead atoms. The van der Waals surface area contributed by atoms with E-state index >= 15 is 0 Å². The number of nitrogens with zero attached hydrogens (tertiary/aromatic N) is 1. The van der Waals surface area contributed by atoms with Gasteiger partial charge in [-0.2, -0.15) is 0 Å². The molecular formula is C15H19NO. The van der Waals surface area contributed by atoms with Gasteiger partial charge in [0.1, 0.15) is 6.61 Å². The molecule has 0 spiro atoms. The molecule has 0 amide bonds. The molecule has 17 heavy (non-hydrogen) atoms. The summed E-state index contributed by atoms with van der Waals surface area (Å²) in [5.41, 5.74) is 2.29. The summed E-state index contributed by atoms with van der Waals surface area (Å²) in [4.78, 5) is 2.43. The second-order valence-corrected chi connectivity index (χ2v) is 4.66. The van der Waals surface area contributed by atoms with Gasteiger partial charge in [-0.3, -0.25) is 4.90 Å². The van der Waals surface area contributed by atoms with Crippen molar-refractivity contribution in [3.8, 4) is 11.8 Å². The second kappa shape index (κ2) is 5.86. The number of aliphatic hydroxyl groups excluding tert-OH is 1. The number of benzene rings is 1. The molecule has 1 aromatic rings. The van der Waals surface area contributed by atoms with Crippen LogP contribution in [0.2, 0.25) is 0 Å². The molecule has 1 N–H and O–H groups in total. The Morgan fingerprint density at radius 2 is 2.00 bits per heavy atom. The van der Waals surface area contributed by atoms with Crippen molar-refractivity contribution in [3.05, 3.63) is 35.4 Å². The van der Waals surface area contributed by atoms with Crippen LogP contribution in [0.5, 0.6) is 0 Å². The summed E-state index contributed by atoms with van der Waals surface area (Å²) in [6.07, 6.45) is 4.07. The number of hydrogen-bond donors (Lipinski definition) is 1. The van der Waals surface area contributed by atoms with Crippen LogP contribution >= 0.6 is 0 Å². The van der Waals surface area contributed by atoms with Gasteiger partial charge in [0.25, 0.3) is 0 Å². The maximum Gasteiger partial charge on any atom is 0.104 e. The van der Waals surface area contributed by atoms with Crippen molar-refractivity contribution in [2.45, 2.75) is 31.8 Å². The third-order valence-corrected chi connectivity index (χ3v) is 3.40. The minimum Gasteiger partial charge on any atom is -0.384 e. The molecule has 1 aromatic carbocycles. The molecule has 1 fully saturated rings. The van der Waals surface area contributed by atoms with Crippen LogP contribution in [0.3, 0.4) is 0 Å². The normalized spacial score (nSPS) is 15.2. The Morgan fingerprint density at radius 1 is 1.29 bits per heavy atom. The first-order valence-electron chi connectivity index (χ1n) is 6.18. The lowest BCUT2D eigenvalue weighted by Crippen LogP contribution is -2.36. The Hall–Kier alpha value is -1.30. The van der Waals surface area contributed by atoms with E-state index in [9.17, 15) is 0 Å². The summed E-state index contributed by atoms with van der Waals surface area (Å²) in [6.45, 7) is 0.935. The third-order valence-electron chi connectivity index (χ3n) is 3.40. The van der Waals surface area contributed by atoms with Crippen LogP contribution in [-0.2, 0) is 6.54 Å². The molecule has 0 saturated heterocycles. The molecule has 0 radical (unpaired) electrons. The van der Waals surface area contributed by atoms with E-state index in [-0.39, 0.29) is 6.61 Å². The van der Waals surface area contributed by atoms with Crippen LogP contribution in [0.25, 0.3) is 0 Å². The van der Waals surface area contributed by atoms with Gasteiger partial charge >= 0.3 is 0 Å². The molecular weight excluding hydrogens is 210 g/mol. The Labute approximate surface area is 103 Å². The largest absolute Gasteiger partial charge is 0.384 e. The lowest BCUT2D eigenvalue weighted by molar-refractivity contribution is 0.152. The van der Waals surface area contributed by atoms with Gasteiger partial charge in [-0.1, -0.05) is 30.4 Å². The minimum absolute atomic E-state index is 0.0772. The van der Waals surface area contributed by atoms with Gasteiger partial charge in [0.05, 0.1) is 0 Å². The van der Waals surface area contributed by atoms with Gasteiger partial charge in [0.15, 0.2) is 0 Å². The van der Waals surface area contributed by atoms with E-state index in [1.807, 2.05) is 12.1 Å². The van der Waals surface area contributed by atoms with Crippen molar-refractivity contribution in [1.29, 1.82) is 0 Å². The molecule has 0 aromatic heterocycles. The monoisotopic (exact) mass is 229 g/mol. The predicted octanol–water partition coefficient (Wildman–Crippen LogP) is 2.01. The molecule has 2 heteroatoms. The van der Waals surface area contributed by atoms with Crippen molar-refractivity contribution >= 4 is 0 Å². The molecule has 2 rings (SSSR count). The summed E-state index contributed by atoms with van der Waals surface area (Å²) in [5, 5.41) is 8.62. The van der Waals surface area contributed by atoms with E-state index in [1.54, 1.807) is 0 Å². The van der Waals surface area contributed by atoms with Gasteiger partial charge in [0.2, 0.25) is 0 Å². The lowest BCUT2D eigenvalue weighted by Gasteiger charge is -2.34. The third kappa shape index (κ3) is 3.33. The number of hydrogen-bond acceptors (Lipinski definition) is 2. The van der Waals surface area contributed by atoms with Crippen molar-refractivity contribution in [2.75, 3.05) is 13.7 Å². The van der Waals surface area contributed by atoms with E-state index in [0.29, 0.717) is 0 Å². The molecule has 0 atom stereocenters. The average molecular weight is 229 g/mol. The molecule has 0 unspecified atom stereocenters. The highest BCUT2D eigenvalue weighted by Gasteiger charge is 2.21. The fraction of sp³-hybridized carbons (Fsp3) is 0.467. The standard InChI is InChI=1S/C15H19NO/c1-16(15-5-2-6-15)12-14-9-7-13(8-10-14)4-3-11-17/h7-10,15,17H,2,5-6,11-12H2,1H3. The zero-order valence-electron chi connectivity index (χ0n) is 10.3. The minimum atomic E-state index is -0.0772.